The van der Waals surface area contributed by atoms with Gasteiger partial charge in [0.2, 0.25) is 0 Å². The van der Waals surface area contributed by atoms with Crippen molar-refractivity contribution in [3.05, 3.63) is 84.6 Å². The third-order valence-corrected chi connectivity index (χ3v) is 5.86. The summed E-state index contributed by atoms with van der Waals surface area (Å²) in [5.74, 6) is 1.57. The minimum Gasteiger partial charge on any atom is -0.454 e. The normalized spacial score (nSPS) is 14.9. The van der Waals surface area contributed by atoms with Crippen LogP contribution in [0.4, 0.5) is 5.82 Å². The van der Waals surface area contributed by atoms with E-state index in [4.69, 9.17) is 9.52 Å². The molecular weight excluding hydrogens is 388 g/mol. The summed E-state index contributed by atoms with van der Waals surface area (Å²) in [6.45, 7) is 0.502. The molecule has 0 radical (unpaired) electrons. The lowest BCUT2D eigenvalue weighted by Gasteiger charge is -2.26. The van der Waals surface area contributed by atoms with Crippen molar-refractivity contribution >= 4 is 22.4 Å². The molecule has 0 aliphatic heterocycles. The molecule has 1 aliphatic rings. The summed E-state index contributed by atoms with van der Waals surface area (Å²) in [6.07, 6.45) is 3.45. The Balaban J connectivity index is 1.37. The van der Waals surface area contributed by atoms with Gasteiger partial charge in [0.05, 0.1) is 12.3 Å². The van der Waals surface area contributed by atoms with E-state index in [0.717, 1.165) is 52.3 Å². The lowest BCUT2D eigenvalue weighted by Crippen LogP contribution is -2.32. The Bertz CT molecular complexity index is 1320. The predicted molar refractivity (Wildman–Crippen MR) is 120 cm³/mol. The summed E-state index contributed by atoms with van der Waals surface area (Å²) in [6, 6.07) is 24.1. The molecule has 1 unspecified atom stereocenters. The molecule has 154 valence electrons. The number of anilines is 1. The average molecular weight is 410 g/mol. The van der Waals surface area contributed by atoms with Crippen molar-refractivity contribution in [2.24, 2.45) is 0 Å². The number of aliphatic hydroxyl groups is 1. The van der Waals surface area contributed by atoms with Crippen LogP contribution in [0.15, 0.2) is 83.4 Å². The van der Waals surface area contributed by atoms with E-state index in [1.54, 1.807) is 6.20 Å². The van der Waals surface area contributed by atoms with E-state index in [1.165, 1.54) is 0 Å². The quantitative estimate of drug-likeness (QED) is 0.434. The number of benzene rings is 2. The molecule has 31 heavy (non-hydrogen) atoms. The topological polar surface area (TPSA) is 66.8 Å². The maximum absolute atomic E-state index is 10.8. The Labute approximate surface area is 179 Å². The molecule has 2 aromatic carbocycles. The summed E-state index contributed by atoms with van der Waals surface area (Å²) >= 11 is 0. The van der Waals surface area contributed by atoms with E-state index in [2.05, 4.69) is 9.88 Å². The minimum atomic E-state index is -0.572. The van der Waals surface area contributed by atoms with Crippen LogP contribution in [0, 0.1) is 0 Å². The first-order valence-corrected chi connectivity index (χ1v) is 10.6. The van der Waals surface area contributed by atoms with Gasteiger partial charge in [-0.25, -0.2) is 9.50 Å². The molecule has 6 heteroatoms. The highest BCUT2D eigenvalue weighted by molar-refractivity contribution is 5.82. The Kier molecular flexibility index (Phi) is 4.25. The number of rotatable bonds is 6. The Morgan fingerprint density at radius 2 is 1.84 bits per heavy atom. The molecule has 0 amide bonds. The molecular formula is C25H22N4O2. The van der Waals surface area contributed by atoms with Crippen molar-refractivity contribution in [1.82, 2.24) is 14.6 Å². The molecule has 0 bridgehead atoms. The molecule has 3 aromatic heterocycles. The fraction of sp³-hybridized carbons (Fsp3) is 0.200. The SMILES string of the molecule is OC(CN(c1ccc2ncc(-c3cc4ccccc4o3)n2n1)C1CC1)c1ccccc1. The second kappa shape index (κ2) is 7.25. The van der Waals surface area contributed by atoms with Gasteiger partial charge in [0.15, 0.2) is 11.4 Å². The van der Waals surface area contributed by atoms with Crippen LogP contribution in [0.2, 0.25) is 0 Å². The molecule has 6 rings (SSSR count). The highest BCUT2D eigenvalue weighted by atomic mass is 16.3. The van der Waals surface area contributed by atoms with E-state index in [9.17, 15) is 5.11 Å². The highest BCUT2D eigenvalue weighted by Crippen LogP contribution is 2.33. The van der Waals surface area contributed by atoms with Gasteiger partial charge in [-0.3, -0.25) is 0 Å². The number of fused-ring (bicyclic) bond motifs is 2. The van der Waals surface area contributed by atoms with Crippen molar-refractivity contribution in [3.63, 3.8) is 0 Å². The summed E-state index contributed by atoms with van der Waals surface area (Å²) in [7, 11) is 0. The minimum absolute atomic E-state index is 0.404. The molecule has 0 saturated heterocycles. The molecule has 1 atom stereocenters. The number of hydrogen-bond donors (Lipinski definition) is 1. The molecule has 5 aromatic rings. The van der Waals surface area contributed by atoms with Crippen molar-refractivity contribution in [2.75, 3.05) is 11.4 Å². The number of hydrogen-bond acceptors (Lipinski definition) is 5. The molecule has 1 fully saturated rings. The summed E-state index contributed by atoms with van der Waals surface area (Å²) in [5.41, 5.74) is 3.33. The number of aromatic nitrogens is 3. The average Bonchev–Trinajstić information content (AvgIpc) is 3.42. The van der Waals surface area contributed by atoms with Crippen LogP contribution >= 0.6 is 0 Å². The summed E-state index contributed by atoms with van der Waals surface area (Å²) in [4.78, 5) is 6.72. The van der Waals surface area contributed by atoms with Gasteiger partial charge in [-0.05, 0) is 42.7 Å². The smallest absolute Gasteiger partial charge is 0.155 e. The van der Waals surface area contributed by atoms with Gasteiger partial charge in [0.25, 0.3) is 0 Å². The number of para-hydroxylation sites is 1. The maximum Gasteiger partial charge on any atom is 0.155 e. The van der Waals surface area contributed by atoms with E-state index < -0.39 is 6.10 Å². The highest BCUT2D eigenvalue weighted by Gasteiger charge is 2.32. The Morgan fingerprint density at radius 1 is 1.03 bits per heavy atom. The molecule has 0 spiro atoms. The van der Waals surface area contributed by atoms with Gasteiger partial charge in [-0.1, -0.05) is 48.5 Å². The molecule has 1 saturated carbocycles. The largest absolute Gasteiger partial charge is 0.454 e. The Hall–Kier alpha value is -3.64. The van der Waals surface area contributed by atoms with Gasteiger partial charge in [-0.2, -0.15) is 0 Å². The summed E-state index contributed by atoms with van der Waals surface area (Å²) in [5, 5.41) is 16.8. The zero-order valence-corrected chi connectivity index (χ0v) is 16.9. The number of imidazole rings is 1. The standard InChI is InChI=1S/C25H22N4O2/c30-21(17-6-2-1-3-7-17)16-28(19-10-11-19)25-13-12-24-26-15-20(29(24)27-25)23-14-18-8-4-5-9-22(18)31-23/h1-9,12-15,19,21,30H,10-11,16H2. The third kappa shape index (κ3) is 3.35. The van der Waals surface area contributed by atoms with E-state index >= 15 is 0 Å². The van der Waals surface area contributed by atoms with Crippen molar-refractivity contribution < 1.29 is 9.52 Å². The van der Waals surface area contributed by atoms with Crippen molar-refractivity contribution in [1.29, 1.82) is 0 Å². The first-order valence-electron chi connectivity index (χ1n) is 10.6. The van der Waals surface area contributed by atoms with Gasteiger partial charge in [0.1, 0.15) is 17.1 Å². The zero-order valence-electron chi connectivity index (χ0n) is 16.9. The van der Waals surface area contributed by atoms with Crippen LogP contribution in [0.3, 0.4) is 0 Å². The van der Waals surface area contributed by atoms with Crippen LogP contribution in [-0.2, 0) is 0 Å². The van der Waals surface area contributed by atoms with Gasteiger partial charge < -0.3 is 14.4 Å². The van der Waals surface area contributed by atoms with Crippen LogP contribution in [0.1, 0.15) is 24.5 Å². The van der Waals surface area contributed by atoms with Crippen LogP contribution in [-0.4, -0.2) is 32.3 Å². The van der Waals surface area contributed by atoms with Gasteiger partial charge in [-0.15, -0.1) is 5.10 Å². The maximum atomic E-state index is 10.8. The van der Waals surface area contributed by atoms with E-state index in [0.29, 0.717) is 12.6 Å². The van der Waals surface area contributed by atoms with Crippen LogP contribution < -0.4 is 4.90 Å². The fourth-order valence-corrected chi connectivity index (χ4v) is 4.08. The predicted octanol–water partition coefficient (Wildman–Crippen LogP) is 4.84. The number of furan rings is 1. The lowest BCUT2D eigenvalue weighted by atomic mass is 10.1. The fourth-order valence-electron chi connectivity index (χ4n) is 4.08. The second-order valence-electron chi connectivity index (χ2n) is 8.06. The molecule has 1 N–H and O–H groups in total. The first kappa shape index (κ1) is 18.2. The van der Waals surface area contributed by atoms with E-state index in [1.807, 2.05) is 77.3 Å². The van der Waals surface area contributed by atoms with Crippen molar-refractivity contribution in [3.8, 4) is 11.5 Å². The van der Waals surface area contributed by atoms with Gasteiger partial charge >= 0.3 is 0 Å². The lowest BCUT2D eigenvalue weighted by molar-refractivity contribution is 0.182. The monoisotopic (exact) mass is 410 g/mol. The number of aliphatic hydroxyl groups excluding tert-OH is 1. The van der Waals surface area contributed by atoms with E-state index in [-0.39, 0.29) is 0 Å². The molecule has 3 heterocycles. The molecule has 6 nitrogen and oxygen atoms in total. The second-order valence-corrected chi connectivity index (χ2v) is 8.06. The zero-order chi connectivity index (χ0) is 20.8. The van der Waals surface area contributed by atoms with Gasteiger partial charge in [0, 0.05) is 18.0 Å². The molecule has 1 aliphatic carbocycles. The van der Waals surface area contributed by atoms with Crippen LogP contribution in [0.25, 0.3) is 28.1 Å². The summed E-state index contributed by atoms with van der Waals surface area (Å²) < 4.78 is 7.88. The third-order valence-electron chi connectivity index (χ3n) is 5.86. The van der Waals surface area contributed by atoms with Crippen molar-refractivity contribution in [2.45, 2.75) is 25.0 Å². The first-order chi connectivity index (χ1) is 15.3. The van der Waals surface area contributed by atoms with Crippen LogP contribution in [0.5, 0.6) is 0 Å². The Morgan fingerprint density at radius 3 is 2.65 bits per heavy atom. The number of nitrogens with zero attached hydrogens (tertiary/aromatic N) is 4.